The van der Waals surface area contributed by atoms with E-state index in [0.29, 0.717) is 50.7 Å². The monoisotopic (exact) mass is 394 g/mol. The first-order chi connectivity index (χ1) is 14.2. The fraction of sp³-hybridized carbons (Fsp3) is 0.391. The highest BCUT2D eigenvalue weighted by atomic mass is 16.5. The number of carbonyl (C=O) groups is 2. The van der Waals surface area contributed by atoms with Gasteiger partial charge in [0.15, 0.2) is 0 Å². The molecular formula is C23H26N2O4. The predicted octanol–water partition coefficient (Wildman–Crippen LogP) is 3.19. The Hall–Kier alpha value is -2.86. The summed E-state index contributed by atoms with van der Waals surface area (Å²) in [4.78, 5) is 29.6. The molecule has 2 amide bonds. The van der Waals surface area contributed by atoms with E-state index in [4.69, 9.17) is 9.47 Å². The number of hydrogen-bond acceptors (Lipinski definition) is 4. The lowest BCUT2D eigenvalue weighted by Crippen LogP contribution is -2.49. The smallest absolute Gasteiger partial charge is 0.254 e. The first-order valence-electron chi connectivity index (χ1n) is 10.2. The first kappa shape index (κ1) is 19.5. The van der Waals surface area contributed by atoms with Crippen molar-refractivity contribution in [1.82, 2.24) is 9.80 Å². The number of para-hydroxylation sites is 1. The molecule has 2 aromatic rings. The third-order valence-electron chi connectivity index (χ3n) is 5.44. The van der Waals surface area contributed by atoms with Gasteiger partial charge in [-0.3, -0.25) is 9.59 Å². The lowest BCUT2D eigenvalue weighted by molar-refractivity contribution is -0.141. The van der Waals surface area contributed by atoms with Gasteiger partial charge in [-0.25, -0.2) is 0 Å². The molecule has 1 atom stereocenters. The van der Waals surface area contributed by atoms with E-state index in [-0.39, 0.29) is 17.7 Å². The summed E-state index contributed by atoms with van der Waals surface area (Å²) in [6.45, 7) is 3.61. The molecule has 0 radical (unpaired) electrons. The number of amides is 2. The Morgan fingerprint density at radius 2 is 1.66 bits per heavy atom. The Morgan fingerprint density at radius 3 is 2.45 bits per heavy atom. The Labute approximate surface area is 171 Å². The van der Waals surface area contributed by atoms with Gasteiger partial charge in [-0.05, 0) is 43.2 Å². The fourth-order valence-corrected chi connectivity index (χ4v) is 3.90. The summed E-state index contributed by atoms with van der Waals surface area (Å²) >= 11 is 0. The summed E-state index contributed by atoms with van der Waals surface area (Å²) in [7, 11) is 0. The molecule has 0 aliphatic carbocycles. The molecule has 2 aromatic carbocycles. The van der Waals surface area contributed by atoms with E-state index in [9.17, 15) is 9.59 Å². The van der Waals surface area contributed by atoms with Gasteiger partial charge in [-0.2, -0.15) is 0 Å². The fourth-order valence-electron chi connectivity index (χ4n) is 3.90. The molecule has 0 aromatic heterocycles. The normalized spacial score (nSPS) is 19.7. The summed E-state index contributed by atoms with van der Waals surface area (Å²) in [6.07, 6.45) is 1.67. The van der Waals surface area contributed by atoms with Crippen molar-refractivity contribution in [2.45, 2.75) is 12.8 Å². The molecule has 2 aliphatic rings. The van der Waals surface area contributed by atoms with Crippen molar-refractivity contribution in [1.29, 1.82) is 0 Å². The highest BCUT2D eigenvalue weighted by molar-refractivity contribution is 5.95. The minimum atomic E-state index is -0.130. The van der Waals surface area contributed by atoms with Crippen molar-refractivity contribution >= 4 is 11.8 Å². The lowest BCUT2D eigenvalue weighted by atomic mass is 9.95. The van der Waals surface area contributed by atoms with E-state index in [1.807, 2.05) is 47.4 Å². The lowest BCUT2D eigenvalue weighted by Gasteiger charge is -2.36. The van der Waals surface area contributed by atoms with Crippen LogP contribution in [0.2, 0.25) is 0 Å². The van der Waals surface area contributed by atoms with Crippen LogP contribution in [0.4, 0.5) is 0 Å². The molecule has 0 spiro atoms. The van der Waals surface area contributed by atoms with Gasteiger partial charge in [0.05, 0.1) is 19.1 Å². The quantitative estimate of drug-likeness (QED) is 0.799. The Kier molecular flexibility index (Phi) is 6.10. The van der Waals surface area contributed by atoms with Gasteiger partial charge in [-0.15, -0.1) is 0 Å². The molecule has 4 rings (SSSR count). The number of rotatable bonds is 4. The number of ether oxygens (including phenoxy) is 2. The van der Waals surface area contributed by atoms with Gasteiger partial charge in [0.25, 0.3) is 5.91 Å². The molecule has 2 aliphatic heterocycles. The van der Waals surface area contributed by atoms with Crippen LogP contribution in [0.25, 0.3) is 0 Å². The molecule has 0 N–H and O–H groups in total. The molecule has 0 bridgehead atoms. The van der Waals surface area contributed by atoms with Crippen LogP contribution in [0.3, 0.4) is 0 Å². The van der Waals surface area contributed by atoms with Crippen molar-refractivity contribution in [3.8, 4) is 11.5 Å². The number of carbonyl (C=O) groups excluding carboxylic acids is 2. The zero-order valence-corrected chi connectivity index (χ0v) is 16.5. The van der Waals surface area contributed by atoms with Gasteiger partial charge in [-0.1, -0.05) is 24.3 Å². The predicted molar refractivity (Wildman–Crippen MR) is 109 cm³/mol. The van der Waals surface area contributed by atoms with Crippen molar-refractivity contribution in [3.05, 3.63) is 60.2 Å². The average Bonchev–Trinajstić information content (AvgIpc) is 2.79. The van der Waals surface area contributed by atoms with Crippen LogP contribution in [-0.2, 0) is 9.53 Å². The van der Waals surface area contributed by atoms with Gasteiger partial charge >= 0.3 is 0 Å². The van der Waals surface area contributed by atoms with Crippen LogP contribution < -0.4 is 4.74 Å². The number of benzene rings is 2. The number of piperidine rings is 1. The summed E-state index contributed by atoms with van der Waals surface area (Å²) < 4.78 is 11.2. The van der Waals surface area contributed by atoms with Crippen LogP contribution in [-0.4, -0.2) is 61.0 Å². The molecule has 2 fully saturated rings. The van der Waals surface area contributed by atoms with E-state index in [1.165, 1.54) is 0 Å². The minimum Gasteiger partial charge on any atom is -0.457 e. The van der Waals surface area contributed by atoms with E-state index < -0.39 is 0 Å². The SMILES string of the molecule is O=C(c1cccc(Oc2ccccc2)c1)N1CCCC(C(=O)N2CCOCC2)C1. The summed E-state index contributed by atoms with van der Waals surface area (Å²) in [5.41, 5.74) is 0.581. The van der Waals surface area contributed by atoms with E-state index in [2.05, 4.69) is 0 Å². The maximum absolute atomic E-state index is 13.1. The zero-order valence-electron chi connectivity index (χ0n) is 16.5. The van der Waals surface area contributed by atoms with E-state index in [0.717, 1.165) is 18.6 Å². The van der Waals surface area contributed by atoms with Crippen molar-refractivity contribution in [3.63, 3.8) is 0 Å². The van der Waals surface area contributed by atoms with Crippen LogP contribution in [0.5, 0.6) is 11.5 Å². The second-order valence-corrected chi connectivity index (χ2v) is 7.47. The Morgan fingerprint density at radius 1 is 0.897 bits per heavy atom. The van der Waals surface area contributed by atoms with Crippen LogP contribution >= 0.6 is 0 Å². The maximum Gasteiger partial charge on any atom is 0.254 e. The second kappa shape index (κ2) is 9.09. The summed E-state index contributed by atoms with van der Waals surface area (Å²) in [6, 6.07) is 16.7. The van der Waals surface area contributed by atoms with Crippen LogP contribution in [0, 0.1) is 5.92 Å². The molecule has 0 saturated carbocycles. The summed E-state index contributed by atoms with van der Waals surface area (Å²) in [5, 5.41) is 0. The molecule has 6 heteroatoms. The Bertz CT molecular complexity index is 849. The van der Waals surface area contributed by atoms with Gasteiger partial charge in [0.1, 0.15) is 11.5 Å². The van der Waals surface area contributed by atoms with Crippen molar-refractivity contribution in [2.24, 2.45) is 5.92 Å². The summed E-state index contributed by atoms with van der Waals surface area (Å²) in [5.74, 6) is 1.32. The zero-order chi connectivity index (χ0) is 20.1. The van der Waals surface area contributed by atoms with E-state index in [1.54, 1.807) is 17.0 Å². The van der Waals surface area contributed by atoms with Crippen molar-refractivity contribution in [2.75, 3.05) is 39.4 Å². The van der Waals surface area contributed by atoms with Crippen molar-refractivity contribution < 1.29 is 19.1 Å². The van der Waals surface area contributed by atoms with E-state index >= 15 is 0 Å². The molecule has 2 heterocycles. The van der Waals surface area contributed by atoms with Gasteiger partial charge in [0, 0.05) is 31.7 Å². The highest BCUT2D eigenvalue weighted by Crippen LogP contribution is 2.25. The third kappa shape index (κ3) is 4.77. The van der Waals surface area contributed by atoms with Gasteiger partial charge in [0.2, 0.25) is 5.91 Å². The topological polar surface area (TPSA) is 59.1 Å². The number of morpholine rings is 1. The average molecular weight is 394 g/mol. The van der Waals surface area contributed by atoms with Crippen LogP contribution in [0.1, 0.15) is 23.2 Å². The number of nitrogens with zero attached hydrogens (tertiary/aromatic N) is 2. The molecule has 1 unspecified atom stereocenters. The highest BCUT2D eigenvalue weighted by Gasteiger charge is 2.32. The third-order valence-corrected chi connectivity index (χ3v) is 5.44. The minimum absolute atomic E-state index is 0.0528. The molecule has 152 valence electrons. The maximum atomic E-state index is 13.1. The molecule has 6 nitrogen and oxygen atoms in total. The van der Waals surface area contributed by atoms with Crippen LogP contribution in [0.15, 0.2) is 54.6 Å². The van der Waals surface area contributed by atoms with Gasteiger partial charge < -0.3 is 19.3 Å². The number of hydrogen-bond donors (Lipinski definition) is 0. The Balaban J connectivity index is 1.42. The number of likely N-dealkylation sites (tertiary alicyclic amines) is 1. The molecule has 2 saturated heterocycles. The molecule has 29 heavy (non-hydrogen) atoms. The first-order valence-corrected chi connectivity index (χ1v) is 10.2. The molecular weight excluding hydrogens is 368 g/mol. The largest absolute Gasteiger partial charge is 0.457 e. The second-order valence-electron chi connectivity index (χ2n) is 7.47. The standard InChI is InChI=1S/C23H26N2O4/c26-22(18-6-4-10-21(16-18)29-20-8-2-1-3-9-20)25-11-5-7-19(17-25)23(27)24-12-14-28-15-13-24/h1-4,6,8-10,16,19H,5,7,11-15,17H2.